The van der Waals surface area contributed by atoms with Gasteiger partial charge in [0, 0.05) is 0 Å². The summed E-state index contributed by atoms with van der Waals surface area (Å²) >= 11 is 0. The van der Waals surface area contributed by atoms with E-state index in [0.29, 0.717) is 24.4 Å². The van der Waals surface area contributed by atoms with Gasteiger partial charge in [-0.1, -0.05) is 19.8 Å². The van der Waals surface area contributed by atoms with E-state index in [1.165, 1.54) is 18.6 Å². The lowest BCUT2D eigenvalue weighted by molar-refractivity contribution is 0.152. The van der Waals surface area contributed by atoms with E-state index >= 15 is 0 Å². The Hall–Kier alpha value is -0.960. The minimum Gasteiger partial charge on any atom is -0.330 e. The van der Waals surface area contributed by atoms with E-state index in [1.807, 2.05) is 0 Å². The summed E-state index contributed by atoms with van der Waals surface area (Å²) in [4.78, 5) is 0. The fourth-order valence-electron chi connectivity index (χ4n) is 3.27. The summed E-state index contributed by atoms with van der Waals surface area (Å²) in [7, 11) is 0. The molecular weight excluding hydrogens is 232 g/mol. The van der Waals surface area contributed by atoms with Crippen molar-refractivity contribution < 1.29 is 8.78 Å². The van der Waals surface area contributed by atoms with Crippen molar-refractivity contribution in [2.24, 2.45) is 17.1 Å². The fraction of sp³-hybridized carbons (Fsp3) is 0.600. The van der Waals surface area contributed by atoms with Gasteiger partial charge in [-0.15, -0.1) is 0 Å². The first-order valence-electron chi connectivity index (χ1n) is 6.69. The van der Waals surface area contributed by atoms with Crippen LogP contribution in [-0.2, 0) is 6.42 Å². The summed E-state index contributed by atoms with van der Waals surface area (Å²) < 4.78 is 26.9. The molecule has 2 atom stereocenters. The third-order valence-corrected chi connectivity index (χ3v) is 4.19. The molecule has 1 saturated carbocycles. The molecule has 0 saturated heterocycles. The van der Waals surface area contributed by atoms with Crippen LogP contribution in [0, 0.1) is 23.0 Å². The van der Waals surface area contributed by atoms with Gasteiger partial charge in [-0.2, -0.15) is 0 Å². The van der Waals surface area contributed by atoms with Crippen molar-refractivity contribution in [2.75, 3.05) is 6.54 Å². The van der Waals surface area contributed by atoms with Gasteiger partial charge in [0.2, 0.25) is 0 Å². The zero-order valence-electron chi connectivity index (χ0n) is 10.9. The molecule has 2 N–H and O–H groups in total. The number of hydrogen-bond donors (Lipinski definition) is 1. The Labute approximate surface area is 107 Å². The van der Waals surface area contributed by atoms with E-state index in [1.54, 1.807) is 0 Å². The predicted molar refractivity (Wildman–Crippen MR) is 69.2 cm³/mol. The Bertz CT molecular complexity index is 419. The Morgan fingerprint density at radius 2 is 2.17 bits per heavy atom. The molecule has 0 spiro atoms. The summed E-state index contributed by atoms with van der Waals surface area (Å²) in [5.74, 6) is -0.0659. The SMILES string of the molecule is CC1CCCC(CN)(Cc2cc(F)ccc2F)C1. The maximum absolute atomic E-state index is 13.7. The average molecular weight is 253 g/mol. The fourth-order valence-corrected chi connectivity index (χ4v) is 3.27. The summed E-state index contributed by atoms with van der Waals surface area (Å²) in [6, 6.07) is 3.69. The Morgan fingerprint density at radius 3 is 2.83 bits per heavy atom. The highest BCUT2D eigenvalue weighted by atomic mass is 19.1. The summed E-state index contributed by atoms with van der Waals surface area (Å²) in [6.45, 7) is 2.76. The number of hydrogen-bond acceptors (Lipinski definition) is 1. The number of rotatable bonds is 3. The largest absolute Gasteiger partial charge is 0.330 e. The summed E-state index contributed by atoms with van der Waals surface area (Å²) in [6.07, 6.45) is 4.93. The average Bonchev–Trinajstić information content (AvgIpc) is 2.34. The van der Waals surface area contributed by atoms with Crippen LogP contribution in [0.4, 0.5) is 8.78 Å². The monoisotopic (exact) mass is 253 g/mol. The highest BCUT2D eigenvalue weighted by molar-refractivity contribution is 5.20. The summed E-state index contributed by atoms with van der Waals surface area (Å²) in [5.41, 5.74) is 6.34. The normalized spacial score (nSPS) is 28.3. The first-order chi connectivity index (χ1) is 8.54. The van der Waals surface area contributed by atoms with Gasteiger partial charge in [0.1, 0.15) is 11.6 Å². The minimum absolute atomic E-state index is 0.0493. The molecule has 3 heteroatoms. The number of benzene rings is 1. The van der Waals surface area contributed by atoms with E-state index in [2.05, 4.69) is 6.92 Å². The molecular formula is C15H21F2N. The molecule has 0 radical (unpaired) electrons. The second-order valence-corrected chi connectivity index (χ2v) is 5.82. The molecule has 0 amide bonds. The first-order valence-corrected chi connectivity index (χ1v) is 6.69. The zero-order valence-corrected chi connectivity index (χ0v) is 10.9. The lowest BCUT2D eigenvalue weighted by atomic mass is 9.67. The Morgan fingerprint density at radius 1 is 1.39 bits per heavy atom. The highest BCUT2D eigenvalue weighted by Crippen LogP contribution is 2.41. The van der Waals surface area contributed by atoms with Gasteiger partial charge in [-0.25, -0.2) is 8.78 Å². The molecule has 1 fully saturated rings. The number of halogens is 2. The van der Waals surface area contributed by atoms with Crippen LogP contribution >= 0.6 is 0 Å². The van der Waals surface area contributed by atoms with Gasteiger partial charge < -0.3 is 5.73 Å². The molecule has 0 aromatic heterocycles. The van der Waals surface area contributed by atoms with Crippen LogP contribution < -0.4 is 5.73 Å². The molecule has 2 unspecified atom stereocenters. The number of nitrogens with two attached hydrogens (primary N) is 1. The maximum atomic E-state index is 13.7. The third kappa shape index (κ3) is 2.89. The Kier molecular flexibility index (Phi) is 4.00. The molecule has 0 aliphatic heterocycles. The van der Waals surface area contributed by atoms with Crippen LogP contribution in [0.15, 0.2) is 18.2 Å². The quantitative estimate of drug-likeness (QED) is 0.874. The van der Waals surface area contributed by atoms with Crippen LogP contribution in [-0.4, -0.2) is 6.54 Å². The van der Waals surface area contributed by atoms with Crippen LogP contribution in [0.1, 0.15) is 38.2 Å². The van der Waals surface area contributed by atoms with Crippen LogP contribution in [0.2, 0.25) is 0 Å². The van der Waals surface area contributed by atoms with Crippen LogP contribution in [0.5, 0.6) is 0 Å². The van der Waals surface area contributed by atoms with E-state index in [9.17, 15) is 8.78 Å². The van der Waals surface area contributed by atoms with Gasteiger partial charge in [0.15, 0.2) is 0 Å². The van der Waals surface area contributed by atoms with Crippen LogP contribution in [0.3, 0.4) is 0 Å². The lowest BCUT2D eigenvalue weighted by Crippen LogP contribution is -2.37. The van der Waals surface area contributed by atoms with Gasteiger partial charge in [-0.05, 0) is 60.9 Å². The second kappa shape index (κ2) is 5.35. The van der Waals surface area contributed by atoms with Crippen molar-refractivity contribution in [1.29, 1.82) is 0 Å². The van der Waals surface area contributed by atoms with Crippen molar-refractivity contribution in [3.63, 3.8) is 0 Å². The highest BCUT2D eigenvalue weighted by Gasteiger charge is 2.34. The van der Waals surface area contributed by atoms with Crippen LogP contribution in [0.25, 0.3) is 0 Å². The van der Waals surface area contributed by atoms with Crippen molar-refractivity contribution in [1.82, 2.24) is 0 Å². The molecule has 18 heavy (non-hydrogen) atoms. The van der Waals surface area contributed by atoms with Crippen molar-refractivity contribution >= 4 is 0 Å². The molecule has 1 nitrogen and oxygen atoms in total. The molecule has 0 bridgehead atoms. The van der Waals surface area contributed by atoms with Gasteiger partial charge in [0.05, 0.1) is 0 Å². The second-order valence-electron chi connectivity index (χ2n) is 5.82. The van der Waals surface area contributed by atoms with Gasteiger partial charge in [0.25, 0.3) is 0 Å². The van der Waals surface area contributed by atoms with E-state index in [-0.39, 0.29) is 17.0 Å². The summed E-state index contributed by atoms with van der Waals surface area (Å²) in [5, 5.41) is 0. The van der Waals surface area contributed by atoms with Crippen molar-refractivity contribution in [3.05, 3.63) is 35.4 Å². The van der Waals surface area contributed by atoms with Gasteiger partial charge >= 0.3 is 0 Å². The molecule has 0 heterocycles. The first kappa shape index (κ1) is 13.5. The third-order valence-electron chi connectivity index (χ3n) is 4.19. The Balaban J connectivity index is 2.21. The van der Waals surface area contributed by atoms with E-state index in [4.69, 9.17) is 5.73 Å². The zero-order chi connectivity index (χ0) is 13.2. The topological polar surface area (TPSA) is 26.0 Å². The molecule has 100 valence electrons. The predicted octanol–water partition coefficient (Wildman–Crippen LogP) is 3.66. The lowest BCUT2D eigenvalue weighted by Gasteiger charge is -2.39. The van der Waals surface area contributed by atoms with E-state index in [0.717, 1.165) is 25.3 Å². The smallest absolute Gasteiger partial charge is 0.126 e. The molecule has 1 aliphatic rings. The molecule has 1 aromatic carbocycles. The van der Waals surface area contributed by atoms with E-state index < -0.39 is 0 Å². The minimum atomic E-state index is -0.373. The maximum Gasteiger partial charge on any atom is 0.126 e. The van der Waals surface area contributed by atoms with Crippen molar-refractivity contribution in [3.8, 4) is 0 Å². The van der Waals surface area contributed by atoms with Gasteiger partial charge in [-0.3, -0.25) is 0 Å². The standard InChI is InChI=1S/C15H21F2N/c1-11-3-2-6-15(8-11,10-18)9-12-7-13(16)4-5-14(12)17/h4-5,7,11H,2-3,6,8-10,18H2,1H3. The molecule has 1 aliphatic carbocycles. The molecule has 1 aromatic rings. The molecule has 2 rings (SSSR count). The van der Waals surface area contributed by atoms with Crippen molar-refractivity contribution in [2.45, 2.75) is 39.0 Å².